The van der Waals surface area contributed by atoms with Gasteiger partial charge in [0, 0.05) is 22.3 Å². The minimum Gasteiger partial charge on any atom is -0.301 e. The van der Waals surface area contributed by atoms with Crippen molar-refractivity contribution in [2.24, 2.45) is 0 Å². The molecule has 0 fully saturated rings. The van der Waals surface area contributed by atoms with Crippen molar-refractivity contribution in [2.75, 3.05) is 0 Å². The lowest BCUT2D eigenvalue weighted by Crippen LogP contribution is -2.36. The molecule has 1 N–H and O–H groups in total. The van der Waals surface area contributed by atoms with Crippen LogP contribution in [0.15, 0.2) is 64.5 Å². The minimum absolute atomic E-state index is 0.00409. The third-order valence-electron chi connectivity index (χ3n) is 5.35. The van der Waals surface area contributed by atoms with E-state index in [0.717, 1.165) is 35.4 Å². The fourth-order valence-electron chi connectivity index (χ4n) is 3.72. The predicted octanol–water partition coefficient (Wildman–Crippen LogP) is 4.95. The highest BCUT2D eigenvalue weighted by Gasteiger charge is 2.37. The molecule has 2 aromatic carbocycles. The van der Waals surface area contributed by atoms with Crippen LogP contribution in [0.3, 0.4) is 0 Å². The van der Waals surface area contributed by atoms with E-state index in [4.69, 9.17) is 4.98 Å². The molecular weight excluding hydrogens is 340 g/mol. The smallest absolute Gasteiger partial charge is 0.255 e. The van der Waals surface area contributed by atoms with Gasteiger partial charge in [-0.3, -0.25) is 4.79 Å². The SMILES string of the molecule is CC[C@]1(C)Cc2ccccc2-c2nc(SCc3ccccc3)[nH]c(=O)c21. The summed E-state index contributed by atoms with van der Waals surface area (Å²) in [7, 11) is 0. The fourth-order valence-corrected chi connectivity index (χ4v) is 4.53. The van der Waals surface area contributed by atoms with Crippen LogP contribution in [0.1, 0.15) is 37.0 Å². The van der Waals surface area contributed by atoms with Gasteiger partial charge in [0.25, 0.3) is 5.56 Å². The average molecular weight is 362 g/mol. The van der Waals surface area contributed by atoms with Crippen molar-refractivity contribution < 1.29 is 0 Å². The maximum atomic E-state index is 13.0. The van der Waals surface area contributed by atoms with Gasteiger partial charge in [0.2, 0.25) is 0 Å². The van der Waals surface area contributed by atoms with E-state index in [0.29, 0.717) is 5.16 Å². The van der Waals surface area contributed by atoms with Gasteiger partial charge in [0.15, 0.2) is 5.16 Å². The lowest BCUT2D eigenvalue weighted by atomic mass is 9.69. The monoisotopic (exact) mass is 362 g/mol. The zero-order valence-corrected chi connectivity index (χ0v) is 15.9. The van der Waals surface area contributed by atoms with Gasteiger partial charge >= 0.3 is 0 Å². The van der Waals surface area contributed by atoms with Crippen LogP contribution in [-0.2, 0) is 17.6 Å². The van der Waals surface area contributed by atoms with Crippen molar-refractivity contribution in [3.8, 4) is 11.3 Å². The first-order valence-electron chi connectivity index (χ1n) is 9.00. The van der Waals surface area contributed by atoms with Gasteiger partial charge in [-0.2, -0.15) is 0 Å². The number of aromatic amines is 1. The van der Waals surface area contributed by atoms with Crippen molar-refractivity contribution in [2.45, 2.75) is 43.0 Å². The van der Waals surface area contributed by atoms with Crippen molar-refractivity contribution >= 4 is 11.8 Å². The molecule has 26 heavy (non-hydrogen) atoms. The van der Waals surface area contributed by atoms with Crippen LogP contribution in [0, 0.1) is 0 Å². The summed E-state index contributed by atoms with van der Waals surface area (Å²) in [5.74, 6) is 0.787. The van der Waals surface area contributed by atoms with Gasteiger partial charge in [-0.1, -0.05) is 80.2 Å². The minimum atomic E-state index is -0.174. The van der Waals surface area contributed by atoms with Crippen LogP contribution < -0.4 is 5.56 Å². The number of thioether (sulfide) groups is 1. The topological polar surface area (TPSA) is 45.8 Å². The number of H-pyrrole nitrogens is 1. The van der Waals surface area contributed by atoms with Gasteiger partial charge < -0.3 is 4.98 Å². The summed E-state index contributed by atoms with van der Waals surface area (Å²) >= 11 is 1.58. The number of rotatable bonds is 4. The number of benzene rings is 2. The van der Waals surface area contributed by atoms with Gasteiger partial charge in [0.1, 0.15) is 0 Å². The van der Waals surface area contributed by atoms with Gasteiger partial charge in [-0.25, -0.2) is 4.98 Å². The molecule has 4 heteroatoms. The van der Waals surface area contributed by atoms with Crippen LogP contribution in [0.4, 0.5) is 0 Å². The van der Waals surface area contributed by atoms with Crippen molar-refractivity contribution in [1.29, 1.82) is 0 Å². The summed E-state index contributed by atoms with van der Waals surface area (Å²) in [5, 5.41) is 0.688. The van der Waals surface area contributed by atoms with Crippen LogP contribution in [0.5, 0.6) is 0 Å². The molecule has 1 aliphatic rings. The highest BCUT2D eigenvalue weighted by molar-refractivity contribution is 7.98. The second-order valence-corrected chi connectivity index (χ2v) is 8.08. The summed E-state index contributed by atoms with van der Waals surface area (Å²) in [4.78, 5) is 20.9. The van der Waals surface area contributed by atoms with Crippen LogP contribution in [-0.4, -0.2) is 9.97 Å². The number of hydrogen-bond donors (Lipinski definition) is 1. The zero-order chi connectivity index (χ0) is 18.1. The Labute approximate surface area is 157 Å². The molecular formula is C22H22N2OS. The van der Waals surface area contributed by atoms with Crippen molar-refractivity contribution in [1.82, 2.24) is 9.97 Å². The van der Waals surface area contributed by atoms with Crippen LogP contribution >= 0.6 is 11.8 Å². The number of hydrogen-bond acceptors (Lipinski definition) is 3. The third kappa shape index (κ3) is 2.99. The van der Waals surface area contributed by atoms with Gasteiger partial charge in [-0.15, -0.1) is 0 Å². The maximum absolute atomic E-state index is 13.0. The van der Waals surface area contributed by atoms with E-state index in [1.54, 1.807) is 11.8 Å². The molecule has 3 nitrogen and oxygen atoms in total. The van der Waals surface area contributed by atoms with E-state index in [2.05, 4.69) is 49.2 Å². The Bertz CT molecular complexity index is 997. The van der Waals surface area contributed by atoms with Crippen LogP contribution in [0.2, 0.25) is 0 Å². The van der Waals surface area contributed by atoms with Crippen molar-refractivity contribution in [3.05, 3.63) is 81.6 Å². The summed E-state index contributed by atoms with van der Waals surface area (Å²) in [6.45, 7) is 4.32. The Morgan fingerprint density at radius 1 is 1.12 bits per heavy atom. The molecule has 132 valence electrons. The number of aromatic nitrogens is 2. The summed E-state index contributed by atoms with van der Waals surface area (Å²) in [5.41, 5.74) is 5.12. The molecule has 0 aliphatic heterocycles. The molecule has 1 atom stereocenters. The standard InChI is InChI=1S/C22H22N2OS/c1-3-22(2)13-16-11-7-8-12-17(16)19-18(22)20(25)24-21(23-19)26-14-15-9-5-4-6-10-15/h4-12H,3,13-14H2,1-2H3,(H,23,24,25)/t22-/m1/s1. The lowest BCUT2D eigenvalue weighted by molar-refractivity contribution is 0.438. The molecule has 3 aromatic rings. The first-order valence-corrected chi connectivity index (χ1v) is 9.99. The molecule has 0 amide bonds. The molecule has 0 bridgehead atoms. The average Bonchev–Trinajstić information content (AvgIpc) is 2.67. The number of fused-ring (bicyclic) bond motifs is 3. The van der Waals surface area contributed by atoms with E-state index in [9.17, 15) is 4.79 Å². The van der Waals surface area contributed by atoms with E-state index in [1.807, 2.05) is 24.3 Å². The zero-order valence-electron chi connectivity index (χ0n) is 15.1. The fraction of sp³-hybridized carbons (Fsp3) is 0.273. The normalized spacial score (nSPS) is 18.2. The van der Waals surface area contributed by atoms with Crippen molar-refractivity contribution in [3.63, 3.8) is 0 Å². The first kappa shape index (κ1) is 17.1. The lowest BCUT2D eigenvalue weighted by Gasteiger charge is -2.34. The molecule has 1 heterocycles. The predicted molar refractivity (Wildman–Crippen MR) is 108 cm³/mol. The molecule has 0 radical (unpaired) electrons. The summed E-state index contributed by atoms with van der Waals surface area (Å²) in [6.07, 6.45) is 1.80. The van der Waals surface area contributed by atoms with E-state index >= 15 is 0 Å². The molecule has 0 spiro atoms. The Morgan fingerprint density at radius 2 is 1.85 bits per heavy atom. The largest absolute Gasteiger partial charge is 0.301 e. The molecule has 0 saturated carbocycles. The quantitative estimate of drug-likeness (QED) is 0.527. The third-order valence-corrected chi connectivity index (χ3v) is 6.30. The highest BCUT2D eigenvalue weighted by atomic mass is 32.2. The highest BCUT2D eigenvalue weighted by Crippen LogP contribution is 2.42. The van der Waals surface area contributed by atoms with Gasteiger partial charge in [0.05, 0.1) is 5.69 Å². The molecule has 1 aliphatic carbocycles. The summed E-state index contributed by atoms with van der Waals surface area (Å²) < 4.78 is 0. The molecule has 4 rings (SSSR count). The summed E-state index contributed by atoms with van der Waals surface area (Å²) in [6, 6.07) is 18.6. The Balaban J connectivity index is 1.78. The van der Waals surface area contributed by atoms with Gasteiger partial charge in [-0.05, 0) is 24.0 Å². The molecule has 0 unspecified atom stereocenters. The Morgan fingerprint density at radius 3 is 2.62 bits per heavy atom. The Kier molecular flexibility index (Phi) is 4.45. The second kappa shape index (κ2) is 6.76. The van der Waals surface area contributed by atoms with E-state index < -0.39 is 0 Å². The van der Waals surface area contributed by atoms with E-state index in [1.165, 1.54) is 11.1 Å². The maximum Gasteiger partial charge on any atom is 0.255 e. The Hall–Kier alpha value is -2.33. The molecule has 0 saturated heterocycles. The van der Waals surface area contributed by atoms with Crippen LogP contribution in [0.25, 0.3) is 11.3 Å². The number of nitrogens with zero attached hydrogens (tertiary/aromatic N) is 1. The molecule has 1 aromatic heterocycles. The van der Waals surface area contributed by atoms with E-state index in [-0.39, 0.29) is 11.0 Å². The first-order chi connectivity index (χ1) is 12.6. The number of nitrogens with one attached hydrogen (secondary N) is 1. The second-order valence-electron chi connectivity index (χ2n) is 7.12.